The Hall–Kier alpha value is -4.76. The van der Waals surface area contributed by atoms with Gasteiger partial charge in [0.15, 0.2) is 0 Å². The third-order valence-electron chi connectivity index (χ3n) is 6.71. The van der Waals surface area contributed by atoms with Crippen molar-refractivity contribution in [1.82, 2.24) is 14.4 Å². The van der Waals surface area contributed by atoms with Gasteiger partial charge in [-0.05, 0) is 50.9 Å². The molecule has 0 amide bonds. The summed E-state index contributed by atoms with van der Waals surface area (Å²) in [5.41, 5.74) is 9.13. The highest BCUT2D eigenvalue weighted by Crippen LogP contribution is 2.41. The van der Waals surface area contributed by atoms with Crippen molar-refractivity contribution in [2.45, 2.75) is 0 Å². The van der Waals surface area contributed by atoms with E-state index in [1.807, 2.05) is 23.0 Å². The Morgan fingerprint density at radius 2 is 1.29 bits per heavy atom. The molecule has 0 fully saturated rings. The second kappa shape index (κ2) is 7.93. The third-order valence-corrected chi connectivity index (χ3v) is 6.71. The first kappa shape index (κ1) is 19.7. The number of fused-ring (bicyclic) bond motifs is 4. The van der Waals surface area contributed by atoms with Crippen LogP contribution in [-0.2, 0) is 0 Å². The minimum atomic E-state index is 0.940. The number of nitrogens with zero attached hydrogens (tertiary/aromatic N) is 3. The van der Waals surface area contributed by atoms with Gasteiger partial charge in [-0.25, -0.2) is 4.98 Å². The molecule has 3 heteroatoms. The summed E-state index contributed by atoms with van der Waals surface area (Å²) in [5.74, 6) is 0. The van der Waals surface area contributed by atoms with Gasteiger partial charge in [-0.3, -0.25) is 4.98 Å². The summed E-state index contributed by atoms with van der Waals surface area (Å²) in [5, 5.41) is 3.40. The quantitative estimate of drug-likeness (QED) is 0.257. The normalized spacial score (nSPS) is 11.4. The number of benzene rings is 4. The average Bonchev–Trinajstić information content (AvgIpc) is 3.39. The molecule has 0 bridgehead atoms. The van der Waals surface area contributed by atoms with Crippen LogP contribution in [0, 0.1) is 0 Å². The molecule has 0 radical (unpaired) electrons. The molecule has 3 heterocycles. The monoisotopic (exact) mass is 447 g/mol. The van der Waals surface area contributed by atoms with Crippen LogP contribution in [-0.4, -0.2) is 14.4 Å². The van der Waals surface area contributed by atoms with Crippen molar-refractivity contribution in [3.8, 4) is 33.4 Å². The van der Waals surface area contributed by atoms with E-state index >= 15 is 0 Å². The number of imidazole rings is 1. The van der Waals surface area contributed by atoms with Gasteiger partial charge in [0, 0.05) is 35.6 Å². The van der Waals surface area contributed by atoms with Gasteiger partial charge in [-0.1, -0.05) is 91.0 Å². The van der Waals surface area contributed by atoms with E-state index < -0.39 is 0 Å². The van der Waals surface area contributed by atoms with Gasteiger partial charge in [0.1, 0.15) is 5.65 Å². The minimum Gasteiger partial charge on any atom is -0.306 e. The Morgan fingerprint density at radius 1 is 0.571 bits per heavy atom. The van der Waals surface area contributed by atoms with E-state index in [1.54, 1.807) is 0 Å². The molecule has 3 nitrogen and oxygen atoms in total. The van der Waals surface area contributed by atoms with Gasteiger partial charge < -0.3 is 4.40 Å². The second-order valence-corrected chi connectivity index (χ2v) is 8.79. The maximum absolute atomic E-state index is 4.86. The van der Waals surface area contributed by atoms with Gasteiger partial charge in [0.2, 0.25) is 0 Å². The molecule has 0 saturated heterocycles. The number of rotatable bonds is 3. The van der Waals surface area contributed by atoms with Crippen LogP contribution in [0.3, 0.4) is 0 Å². The highest BCUT2D eigenvalue weighted by Gasteiger charge is 2.15. The Labute approximate surface area is 203 Å². The Balaban J connectivity index is 1.50. The molecule has 0 N–H and O–H groups in total. The van der Waals surface area contributed by atoms with Crippen LogP contribution in [0.2, 0.25) is 0 Å². The zero-order chi connectivity index (χ0) is 23.2. The lowest BCUT2D eigenvalue weighted by Gasteiger charge is -2.17. The maximum Gasteiger partial charge on any atom is 0.137 e. The fraction of sp³-hybridized carbons (Fsp3) is 0. The average molecular weight is 448 g/mol. The molecule has 0 aliphatic heterocycles. The van der Waals surface area contributed by atoms with Crippen molar-refractivity contribution < 1.29 is 0 Å². The lowest BCUT2D eigenvalue weighted by Crippen LogP contribution is -1.92. The molecular weight excluding hydrogens is 426 g/mol. The van der Waals surface area contributed by atoms with Crippen molar-refractivity contribution in [3.63, 3.8) is 0 Å². The van der Waals surface area contributed by atoms with Crippen molar-refractivity contribution in [3.05, 3.63) is 128 Å². The van der Waals surface area contributed by atoms with Crippen molar-refractivity contribution >= 4 is 27.3 Å². The first-order chi connectivity index (χ1) is 17.3. The van der Waals surface area contributed by atoms with Gasteiger partial charge in [-0.15, -0.1) is 0 Å². The molecular formula is C32H21N3. The lowest BCUT2D eigenvalue weighted by molar-refractivity contribution is 1.20. The zero-order valence-electron chi connectivity index (χ0n) is 19.0. The standard InChI is InChI=1S/C32H21N3/c1-3-8-22(9-4-1)26-12-7-13-27(23-10-5-2-6-11-23)32(26)24-14-15-28-29-19-31-33-16-17-35(31)21-25(29)20-34-30(28)18-24/h1-21H. The molecule has 0 atom stereocenters. The summed E-state index contributed by atoms with van der Waals surface area (Å²) in [6.07, 6.45) is 7.85. The van der Waals surface area contributed by atoms with Crippen LogP contribution in [0.4, 0.5) is 0 Å². The summed E-state index contributed by atoms with van der Waals surface area (Å²) >= 11 is 0. The van der Waals surface area contributed by atoms with E-state index in [0.717, 1.165) is 27.5 Å². The van der Waals surface area contributed by atoms with E-state index in [0.29, 0.717) is 0 Å². The summed E-state index contributed by atoms with van der Waals surface area (Å²) in [7, 11) is 0. The maximum atomic E-state index is 4.86. The Kier molecular flexibility index (Phi) is 4.46. The molecule has 7 rings (SSSR count). The highest BCUT2D eigenvalue weighted by atomic mass is 15.0. The Morgan fingerprint density at radius 3 is 2.00 bits per heavy atom. The molecule has 0 aliphatic rings. The fourth-order valence-electron chi connectivity index (χ4n) is 5.05. The predicted molar refractivity (Wildman–Crippen MR) is 144 cm³/mol. The lowest BCUT2D eigenvalue weighted by atomic mass is 9.87. The smallest absolute Gasteiger partial charge is 0.137 e. The van der Waals surface area contributed by atoms with E-state index in [2.05, 4.69) is 114 Å². The molecule has 0 unspecified atom stereocenters. The van der Waals surface area contributed by atoms with Crippen LogP contribution in [0.15, 0.2) is 128 Å². The Bertz CT molecular complexity index is 1780. The number of aromatic nitrogens is 3. The van der Waals surface area contributed by atoms with Gasteiger partial charge in [-0.2, -0.15) is 0 Å². The highest BCUT2D eigenvalue weighted by molar-refractivity contribution is 6.08. The summed E-state index contributed by atoms with van der Waals surface area (Å²) in [6.45, 7) is 0. The summed E-state index contributed by atoms with van der Waals surface area (Å²) in [4.78, 5) is 9.33. The van der Waals surface area contributed by atoms with E-state index in [1.165, 1.54) is 33.2 Å². The van der Waals surface area contributed by atoms with E-state index in [4.69, 9.17) is 4.98 Å². The van der Waals surface area contributed by atoms with Crippen LogP contribution in [0.1, 0.15) is 0 Å². The fourth-order valence-corrected chi connectivity index (χ4v) is 5.05. The predicted octanol–water partition coefficient (Wildman–Crippen LogP) is 8.04. The van der Waals surface area contributed by atoms with E-state index in [9.17, 15) is 0 Å². The van der Waals surface area contributed by atoms with Gasteiger partial charge in [0.05, 0.1) is 5.52 Å². The molecule has 7 aromatic rings. The summed E-state index contributed by atoms with van der Waals surface area (Å²) in [6, 6.07) is 36.6. The molecule has 4 aromatic carbocycles. The molecule has 3 aromatic heterocycles. The van der Waals surface area contributed by atoms with Crippen molar-refractivity contribution in [2.75, 3.05) is 0 Å². The van der Waals surface area contributed by atoms with E-state index in [-0.39, 0.29) is 0 Å². The topological polar surface area (TPSA) is 30.2 Å². The summed E-state index contributed by atoms with van der Waals surface area (Å²) < 4.78 is 2.03. The van der Waals surface area contributed by atoms with Gasteiger partial charge in [0.25, 0.3) is 0 Å². The minimum absolute atomic E-state index is 0.940. The largest absolute Gasteiger partial charge is 0.306 e. The SMILES string of the molecule is c1ccc(-c2cccc(-c3ccccc3)c2-c2ccc3c(c2)ncc2cn4ccnc4cc23)cc1. The van der Waals surface area contributed by atoms with Crippen LogP contribution >= 0.6 is 0 Å². The third kappa shape index (κ3) is 3.29. The number of hydrogen-bond acceptors (Lipinski definition) is 2. The van der Waals surface area contributed by atoms with Crippen LogP contribution < -0.4 is 0 Å². The number of hydrogen-bond donors (Lipinski definition) is 0. The first-order valence-corrected chi connectivity index (χ1v) is 11.7. The van der Waals surface area contributed by atoms with Gasteiger partial charge >= 0.3 is 0 Å². The zero-order valence-corrected chi connectivity index (χ0v) is 19.0. The molecule has 164 valence electrons. The molecule has 0 spiro atoms. The molecule has 35 heavy (non-hydrogen) atoms. The second-order valence-electron chi connectivity index (χ2n) is 8.79. The van der Waals surface area contributed by atoms with Crippen LogP contribution in [0.25, 0.3) is 60.7 Å². The van der Waals surface area contributed by atoms with Crippen LogP contribution in [0.5, 0.6) is 0 Å². The number of pyridine rings is 2. The molecule has 0 aliphatic carbocycles. The van der Waals surface area contributed by atoms with Crippen molar-refractivity contribution in [2.24, 2.45) is 0 Å². The first-order valence-electron chi connectivity index (χ1n) is 11.7. The van der Waals surface area contributed by atoms with Crippen molar-refractivity contribution in [1.29, 1.82) is 0 Å². The molecule has 0 saturated carbocycles.